The molecule has 0 spiro atoms. The Kier molecular flexibility index (Phi) is 4.46. The lowest BCUT2D eigenvalue weighted by atomic mass is 10.1. The number of thiazole rings is 1. The molecule has 0 amide bonds. The lowest BCUT2D eigenvalue weighted by molar-refractivity contribution is 0.347. The molecule has 0 saturated heterocycles. The number of hydrogen-bond acceptors (Lipinski definition) is 6. The Balaban J connectivity index is 2.49. The normalized spacial score (nSPS) is 12.1. The molecule has 2 rings (SSSR count). The zero-order valence-corrected chi connectivity index (χ0v) is 12.8. The third kappa shape index (κ3) is 2.71. The fraction of sp³-hybridized carbons (Fsp3) is 0.357. The molecule has 1 heterocycles. The van der Waals surface area contributed by atoms with Crippen molar-refractivity contribution in [2.45, 2.75) is 13.0 Å². The van der Waals surface area contributed by atoms with Crippen molar-refractivity contribution in [1.82, 2.24) is 4.98 Å². The minimum Gasteiger partial charge on any atom is -0.496 e. The Bertz CT molecular complexity index is 598. The van der Waals surface area contributed by atoms with Gasteiger partial charge in [-0.2, -0.15) is 0 Å². The summed E-state index contributed by atoms with van der Waals surface area (Å²) in [6.45, 7) is 1.94. The van der Waals surface area contributed by atoms with E-state index in [2.05, 4.69) is 4.98 Å². The van der Waals surface area contributed by atoms with E-state index in [0.717, 1.165) is 16.3 Å². The number of methoxy groups -OCH3 is 3. The summed E-state index contributed by atoms with van der Waals surface area (Å²) in [6, 6.07) is 3.25. The van der Waals surface area contributed by atoms with Crippen LogP contribution in [0.15, 0.2) is 17.5 Å². The van der Waals surface area contributed by atoms with Crippen molar-refractivity contribution in [3.05, 3.63) is 33.8 Å². The fourth-order valence-corrected chi connectivity index (χ4v) is 2.76. The molecule has 20 heavy (non-hydrogen) atoms. The van der Waals surface area contributed by atoms with Crippen molar-refractivity contribution in [3.8, 4) is 17.2 Å². The molecular weight excluding hydrogens is 276 g/mol. The average molecular weight is 294 g/mol. The molecule has 0 aliphatic heterocycles. The summed E-state index contributed by atoms with van der Waals surface area (Å²) >= 11 is 1.53. The van der Waals surface area contributed by atoms with Gasteiger partial charge in [0, 0.05) is 22.7 Å². The van der Waals surface area contributed by atoms with Gasteiger partial charge in [-0.25, -0.2) is 4.98 Å². The van der Waals surface area contributed by atoms with E-state index in [9.17, 15) is 0 Å². The summed E-state index contributed by atoms with van der Waals surface area (Å²) in [4.78, 5) is 4.43. The lowest BCUT2D eigenvalue weighted by Crippen LogP contribution is -2.13. The highest BCUT2D eigenvalue weighted by Gasteiger charge is 2.20. The van der Waals surface area contributed by atoms with Gasteiger partial charge in [0.25, 0.3) is 0 Å². The molecule has 0 fully saturated rings. The van der Waals surface area contributed by atoms with Gasteiger partial charge in [0.05, 0.1) is 27.4 Å². The van der Waals surface area contributed by atoms with Crippen molar-refractivity contribution in [2.75, 3.05) is 21.3 Å². The van der Waals surface area contributed by atoms with Gasteiger partial charge in [-0.1, -0.05) is 0 Å². The number of aromatic nitrogens is 1. The van der Waals surface area contributed by atoms with Crippen molar-refractivity contribution < 1.29 is 14.2 Å². The van der Waals surface area contributed by atoms with Gasteiger partial charge in [-0.3, -0.25) is 0 Å². The first-order valence-corrected chi connectivity index (χ1v) is 6.96. The monoisotopic (exact) mass is 294 g/mol. The standard InChI is InChI=1S/C14H18N2O3S/c1-8-7-20-14(16-8)13(15)9-5-11(18-3)12(19-4)6-10(9)17-2/h5-7,13H,15H2,1-4H3. The number of rotatable bonds is 5. The third-order valence-electron chi connectivity index (χ3n) is 2.97. The van der Waals surface area contributed by atoms with Gasteiger partial charge >= 0.3 is 0 Å². The molecule has 0 radical (unpaired) electrons. The van der Waals surface area contributed by atoms with Crippen molar-refractivity contribution in [1.29, 1.82) is 0 Å². The van der Waals surface area contributed by atoms with Crippen LogP contribution < -0.4 is 19.9 Å². The highest BCUT2D eigenvalue weighted by molar-refractivity contribution is 7.09. The molecule has 2 aromatic rings. The molecule has 108 valence electrons. The molecule has 0 saturated carbocycles. The number of benzene rings is 1. The summed E-state index contributed by atoms with van der Waals surface area (Å²) in [7, 11) is 4.78. The van der Waals surface area contributed by atoms with Gasteiger partial charge in [-0.15, -0.1) is 11.3 Å². The molecule has 5 nitrogen and oxygen atoms in total. The second-order valence-electron chi connectivity index (χ2n) is 4.25. The first-order valence-electron chi connectivity index (χ1n) is 6.08. The zero-order valence-electron chi connectivity index (χ0n) is 12.0. The quantitative estimate of drug-likeness (QED) is 0.918. The van der Waals surface area contributed by atoms with Crippen LogP contribution in [0.25, 0.3) is 0 Å². The fourth-order valence-electron chi connectivity index (χ4n) is 1.94. The number of nitrogens with two attached hydrogens (primary N) is 1. The average Bonchev–Trinajstić information content (AvgIpc) is 2.91. The molecule has 2 N–H and O–H groups in total. The highest BCUT2D eigenvalue weighted by atomic mass is 32.1. The molecule has 6 heteroatoms. The number of ether oxygens (including phenoxy) is 3. The predicted molar refractivity (Wildman–Crippen MR) is 79.0 cm³/mol. The van der Waals surface area contributed by atoms with E-state index in [-0.39, 0.29) is 6.04 Å². The van der Waals surface area contributed by atoms with Crippen LogP contribution in [-0.2, 0) is 0 Å². The minimum atomic E-state index is -0.358. The van der Waals surface area contributed by atoms with E-state index in [4.69, 9.17) is 19.9 Å². The SMILES string of the molecule is COc1cc(OC)c(C(N)c2nc(C)cs2)cc1OC. The Labute approximate surface area is 122 Å². The second-order valence-corrected chi connectivity index (χ2v) is 5.14. The maximum Gasteiger partial charge on any atom is 0.164 e. The van der Waals surface area contributed by atoms with E-state index in [1.807, 2.05) is 18.4 Å². The number of hydrogen-bond donors (Lipinski definition) is 1. The molecule has 1 atom stereocenters. The predicted octanol–water partition coefficient (Wildman–Crippen LogP) is 2.53. The van der Waals surface area contributed by atoms with Crippen LogP contribution in [0.2, 0.25) is 0 Å². The van der Waals surface area contributed by atoms with Crippen LogP contribution in [0.3, 0.4) is 0 Å². The van der Waals surface area contributed by atoms with E-state index < -0.39 is 0 Å². The smallest absolute Gasteiger partial charge is 0.164 e. The van der Waals surface area contributed by atoms with E-state index in [1.54, 1.807) is 27.4 Å². The van der Waals surface area contributed by atoms with Crippen LogP contribution in [0.1, 0.15) is 22.3 Å². The van der Waals surface area contributed by atoms with Crippen LogP contribution in [0.5, 0.6) is 17.2 Å². The van der Waals surface area contributed by atoms with Crippen molar-refractivity contribution in [3.63, 3.8) is 0 Å². The minimum absolute atomic E-state index is 0.358. The Morgan fingerprint density at radius 3 is 2.15 bits per heavy atom. The van der Waals surface area contributed by atoms with Crippen LogP contribution in [0.4, 0.5) is 0 Å². The van der Waals surface area contributed by atoms with Gasteiger partial charge in [0.15, 0.2) is 11.5 Å². The molecule has 0 aliphatic rings. The van der Waals surface area contributed by atoms with Crippen LogP contribution in [0, 0.1) is 6.92 Å². The highest BCUT2D eigenvalue weighted by Crippen LogP contribution is 2.38. The first kappa shape index (κ1) is 14.6. The molecule has 0 bridgehead atoms. The Morgan fingerprint density at radius 2 is 1.65 bits per heavy atom. The summed E-state index contributed by atoms with van der Waals surface area (Å²) in [6.07, 6.45) is 0. The molecular formula is C14H18N2O3S. The molecule has 0 aliphatic carbocycles. The summed E-state index contributed by atoms with van der Waals surface area (Å²) in [5, 5.41) is 2.82. The summed E-state index contributed by atoms with van der Waals surface area (Å²) in [5.41, 5.74) is 8.07. The van der Waals surface area contributed by atoms with E-state index in [1.165, 1.54) is 11.3 Å². The van der Waals surface area contributed by atoms with Crippen molar-refractivity contribution in [2.24, 2.45) is 5.73 Å². The number of nitrogens with zero attached hydrogens (tertiary/aromatic N) is 1. The number of aryl methyl sites for hydroxylation is 1. The van der Waals surface area contributed by atoms with Crippen LogP contribution in [-0.4, -0.2) is 26.3 Å². The van der Waals surface area contributed by atoms with Crippen LogP contribution >= 0.6 is 11.3 Å². The van der Waals surface area contributed by atoms with Gasteiger partial charge < -0.3 is 19.9 Å². The van der Waals surface area contributed by atoms with E-state index >= 15 is 0 Å². The lowest BCUT2D eigenvalue weighted by Gasteiger charge is -2.17. The maximum atomic E-state index is 6.29. The van der Waals surface area contributed by atoms with E-state index in [0.29, 0.717) is 17.2 Å². The van der Waals surface area contributed by atoms with Crippen molar-refractivity contribution >= 4 is 11.3 Å². The summed E-state index contributed by atoms with van der Waals surface area (Å²) in [5.74, 6) is 1.88. The Hall–Kier alpha value is -1.79. The first-order chi connectivity index (χ1) is 9.60. The topological polar surface area (TPSA) is 66.6 Å². The molecule has 1 unspecified atom stereocenters. The summed E-state index contributed by atoms with van der Waals surface area (Å²) < 4.78 is 16.0. The van der Waals surface area contributed by atoms with Gasteiger partial charge in [-0.05, 0) is 13.0 Å². The Morgan fingerprint density at radius 1 is 1.05 bits per heavy atom. The third-order valence-corrected chi connectivity index (χ3v) is 4.02. The zero-order chi connectivity index (χ0) is 14.7. The maximum absolute atomic E-state index is 6.29. The molecule has 1 aromatic heterocycles. The second kappa shape index (κ2) is 6.11. The largest absolute Gasteiger partial charge is 0.496 e. The molecule has 1 aromatic carbocycles. The van der Waals surface area contributed by atoms with Gasteiger partial charge in [0.2, 0.25) is 0 Å². The van der Waals surface area contributed by atoms with Gasteiger partial charge in [0.1, 0.15) is 10.8 Å².